The van der Waals surface area contributed by atoms with Crippen LogP contribution >= 0.6 is 0 Å². The molecule has 6 nitrogen and oxygen atoms in total. The fourth-order valence-electron chi connectivity index (χ4n) is 3.34. The van der Waals surface area contributed by atoms with Gasteiger partial charge in [-0.05, 0) is 43.9 Å². The number of carbonyl (C=O) groups is 2. The summed E-state index contributed by atoms with van der Waals surface area (Å²) in [6.45, 7) is 11.9. The van der Waals surface area contributed by atoms with Crippen LogP contribution in [0.1, 0.15) is 42.6 Å². The van der Waals surface area contributed by atoms with Gasteiger partial charge in [-0.15, -0.1) is 0 Å². The standard InChI is InChI=1S/C21H34N4O2/c1-16(2)15-19(24-20(26)18-8-5-4-7-17(18)3)21(27)23-9-6-12-25-13-10-22-11-14-25/h4-5,7-8,16,19,22H,6,9-15H2,1-3H3,(H,23,27)(H,24,26). The van der Waals surface area contributed by atoms with E-state index in [4.69, 9.17) is 0 Å². The second-order valence-electron chi connectivity index (χ2n) is 7.71. The maximum Gasteiger partial charge on any atom is 0.252 e. The van der Waals surface area contributed by atoms with Gasteiger partial charge in [0.1, 0.15) is 6.04 Å². The summed E-state index contributed by atoms with van der Waals surface area (Å²) in [5.41, 5.74) is 1.53. The molecule has 1 fully saturated rings. The summed E-state index contributed by atoms with van der Waals surface area (Å²) in [6.07, 6.45) is 1.55. The molecule has 1 saturated heterocycles. The number of piperazine rings is 1. The van der Waals surface area contributed by atoms with E-state index in [1.807, 2.05) is 25.1 Å². The third kappa shape index (κ3) is 7.31. The highest BCUT2D eigenvalue weighted by atomic mass is 16.2. The molecule has 2 amide bonds. The second-order valence-corrected chi connectivity index (χ2v) is 7.71. The van der Waals surface area contributed by atoms with Crippen molar-refractivity contribution < 1.29 is 9.59 Å². The molecule has 1 atom stereocenters. The number of nitrogens with zero attached hydrogens (tertiary/aromatic N) is 1. The summed E-state index contributed by atoms with van der Waals surface area (Å²) >= 11 is 0. The number of hydrogen-bond donors (Lipinski definition) is 3. The number of hydrogen-bond acceptors (Lipinski definition) is 4. The molecule has 6 heteroatoms. The smallest absolute Gasteiger partial charge is 0.252 e. The molecule has 27 heavy (non-hydrogen) atoms. The van der Waals surface area contributed by atoms with E-state index in [9.17, 15) is 9.59 Å². The SMILES string of the molecule is Cc1ccccc1C(=O)NC(CC(C)C)C(=O)NCCCN1CCNCC1. The van der Waals surface area contributed by atoms with Gasteiger partial charge in [0.15, 0.2) is 0 Å². The Hall–Kier alpha value is -1.92. The van der Waals surface area contributed by atoms with E-state index in [1.54, 1.807) is 6.07 Å². The minimum absolute atomic E-state index is 0.0917. The number of rotatable bonds is 9. The Morgan fingerprint density at radius 2 is 1.89 bits per heavy atom. The van der Waals surface area contributed by atoms with Crippen molar-refractivity contribution in [3.05, 3.63) is 35.4 Å². The van der Waals surface area contributed by atoms with Gasteiger partial charge in [0, 0.05) is 38.3 Å². The zero-order valence-electron chi connectivity index (χ0n) is 16.9. The number of benzene rings is 1. The number of carbonyl (C=O) groups excluding carboxylic acids is 2. The largest absolute Gasteiger partial charge is 0.354 e. The summed E-state index contributed by atoms with van der Waals surface area (Å²) < 4.78 is 0. The quantitative estimate of drug-likeness (QED) is 0.574. The van der Waals surface area contributed by atoms with Gasteiger partial charge in [-0.1, -0.05) is 32.0 Å². The maximum atomic E-state index is 12.6. The van der Waals surface area contributed by atoms with Crippen LogP contribution in [-0.2, 0) is 4.79 Å². The van der Waals surface area contributed by atoms with Gasteiger partial charge in [0.05, 0.1) is 0 Å². The van der Waals surface area contributed by atoms with E-state index >= 15 is 0 Å². The van der Waals surface area contributed by atoms with Crippen LogP contribution in [0.3, 0.4) is 0 Å². The van der Waals surface area contributed by atoms with Gasteiger partial charge in [0.2, 0.25) is 5.91 Å². The molecule has 150 valence electrons. The Labute approximate surface area is 163 Å². The lowest BCUT2D eigenvalue weighted by molar-refractivity contribution is -0.123. The average molecular weight is 375 g/mol. The summed E-state index contributed by atoms with van der Waals surface area (Å²) in [7, 11) is 0. The van der Waals surface area contributed by atoms with E-state index in [1.165, 1.54) is 0 Å². The van der Waals surface area contributed by atoms with Crippen LogP contribution in [-0.4, -0.2) is 62.0 Å². The molecule has 1 aliphatic heterocycles. The first-order valence-corrected chi connectivity index (χ1v) is 10.0. The number of amides is 2. The van der Waals surface area contributed by atoms with Gasteiger partial charge in [0.25, 0.3) is 5.91 Å². The van der Waals surface area contributed by atoms with Crippen LogP contribution in [0.2, 0.25) is 0 Å². The van der Waals surface area contributed by atoms with Gasteiger partial charge < -0.3 is 20.9 Å². The van der Waals surface area contributed by atoms with Crippen LogP contribution in [0, 0.1) is 12.8 Å². The number of nitrogens with one attached hydrogen (secondary N) is 3. The van der Waals surface area contributed by atoms with E-state index in [0.717, 1.165) is 44.7 Å². The molecule has 0 bridgehead atoms. The Kier molecular flexibility index (Phi) is 8.75. The van der Waals surface area contributed by atoms with E-state index in [-0.39, 0.29) is 11.8 Å². The zero-order valence-corrected chi connectivity index (χ0v) is 16.9. The van der Waals surface area contributed by atoms with Gasteiger partial charge in [-0.25, -0.2) is 0 Å². The third-order valence-electron chi connectivity index (χ3n) is 4.88. The molecule has 3 N–H and O–H groups in total. The van der Waals surface area contributed by atoms with Crippen molar-refractivity contribution in [2.75, 3.05) is 39.3 Å². The molecule has 0 spiro atoms. The van der Waals surface area contributed by atoms with Gasteiger partial charge >= 0.3 is 0 Å². The van der Waals surface area contributed by atoms with Crippen LogP contribution in [0.5, 0.6) is 0 Å². The molecule has 0 radical (unpaired) electrons. The van der Waals surface area contributed by atoms with E-state index < -0.39 is 6.04 Å². The highest BCUT2D eigenvalue weighted by molar-refractivity contribution is 5.98. The summed E-state index contributed by atoms with van der Waals surface area (Å²) in [5, 5.41) is 9.27. The lowest BCUT2D eigenvalue weighted by Gasteiger charge is -2.27. The van der Waals surface area contributed by atoms with Crippen LogP contribution < -0.4 is 16.0 Å². The first-order chi connectivity index (χ1) is 13.0. The monoisotopic (exact) mass is 374 g/mol. The van der Waals surface area contributed by atoms with Crippen molar-refractivity contribution in [2.45, 2.75) is 39.7 Å². The number of aryl methyl sites for hydroxylation is 1. The minimum Gasteiger partial charge on any atom is -0.354 e. The van der Waals surface area contributed by atoms with Crippen LogP contribution in [0.25, 0.3) is 0 Å². The molecular formula is C21H34N4O2. The molecule has 1 aromatic carbocycles. The molecule has 0 aromatic heterocycles. The Morgan fingerprint density at radius 1 is 1.19 bits per heavy atom. The second kappa shape index (κ2) is 11.0. The summed E-state index contributed by atoms with van der Waals surface area (Å²) in [4.78, 5) is 27.6. The predicted octanol–water partition coefficient (Wildman–Crippen LogP) is 1.55. The normalized spacial score (nSPS) is 16.1. The highest BCUT2D eigenvalue weighted by Crippen LogP contribution is 2.10. The lowest BCUT2D eigenvalue weighted by atomic mass is 10.0. The summed E-state index contributed by atoms with van der Waals surface area (Å²) in [6, 6.07) is 6.94. The Bertz CT molecular complexity index is 612. The molecule has 1 heterocycles. The van der Waals surface area contributed by atoms with Gasteiger partial charge in [-0.2, -0.15) is 0 Å². The minimum atomic E-state index is -0.503. The molecule has 0 aliphatic carbocycles. The lowest BCUT2D eigenvalue weighted by Crippen LogP contribution is -2.48. The van der Waals surface area contributed by atoms with Crippen molar-refractivity contribution >= 4 is 11.8 Å². The summed E-state index contributed by atoms with van der Waals surface area (Å²) in [5.74, 6) is 0.0411. The Balaban J connectivity index is 1.83. The van der Waals surface area contributed by atoms with E-state index in [2.05, 4.69) is 34.7 Å². The van der Waals surface area contributed by atoms with E-state index in [0.29, 0.717) is 24.4 Å². The van der Waals surface area contributed by atoms with Crippen molar-refractivity contribution in [1.29, 1.82) is 0 Å². The zero-order chi connectivity index (χ0) is 19.6. The van der Waals surface area contributed by atoms with Crippen LogP contribution in [0.15, 0.2) is 24.3 Å². The predicted molar refractivity (Wildman–Crippen MR) is 109 cm³/mol. The average Bonchev–Trinajstić information content (AvgIpc) is 2.65. The fraction of sp³-hybridized carbons (Fsp3) is 0.619. The molecule has 1 unspecified atom stereocenters. The molecule has 1 aliphatic rings. The van der Waals surface area contributed by atoms with Gasteiger partial charge in [-0.3, -0.25) is 9.59 Å². The molecule has 2 rings (SSSR count). The topological polar surface area (TPSA) is 73.5 Å². The molecule has 1 aromatic rings. The molecular weight excluding hydrogens is 340 g/mol. The highest BCUT2D eigenvalue weighted by Gasteiger charge is 2.23. The first-order valence-electron chi connectivity index (χ1n) is 10.0. The van der Waals surface area contributed by atoms with Crippen LogP contribution in [0.4, 0.5) is 0 Å². The Morgan fingerprint density at radius 3 is 2.56 bits per heavy atom. The van der Waals surface area contributed by atoms with Crippen molar-refractivity contribution in [3.63, 3.8) is 0 Å². The van der Waals surface area contributed by atoms with Crippen molar-refractivity contribution in [3.8, 4) is 0 Å². The first kappa shape index (κ1) is 21.4. The maximum absolute atomic E-state index is 12.6. The third-order valence-corrected chi connectivity index (χ3v) is 4.88. The van der Waals surface area contributed by atoms with Crippen molar-refractivity contribution in [2.24, 2.45) is 5.92 Å². The fourth-order valence-corrected chi connectivity index (χ4v) is 3.34. The van der Waals surface area contributed by atoms with Crippen molar-refractivity contribution in [1.82, 2.24) is 20.9 Å². The molecule has 0 saturated carbocycles.